The van der Waals surface area contributed by atoms with Crippen LogP contribution in [-0.2, 0) is 31.2 Å². The van der Waals surface area contributed by atoms with Crippen LogP contribution >= 0.6 is 7.82 Å². The second kappa shape index (κ2) is 14.9. The van der Waals surface area contributed by atoms with Crippen molar-refractivity contribution in [2.45, 2.75) is 83.5 Å². The minimum atomic E-state index is -4.53. The van der Waals surface area contributed by atoms with E-state index in [9.17, 15) is 19.4 Å². The van der Waals surface area contributed by atoms with E-state index in [0.29, 0.717) is 6.42 Å². The van der Waals surface area contributed by atoms with Crippen LogP contribution in [0, 0.1) is 0 Å². The molecule has 1 aromatic rings. The maximum absolute atomic E-state index is 12.4. The molecule has 0 saturated carbocycles. The summed E-state index contributed by atoms with van der Waals surface area (Å²) in [6.07, 6.45) is 5.62. The van der Waals surface area contributed by atoms with Crippen molar-refractivity contribution in [2.75, 3.05) is 27.7 Å². The number of carbonyl (C=O) groups is 1. The number of likely N-dealkylation sites (N-methyl/N-ethyl adjacent to an activating group) is 1. The fraction of sp³-hybridized carbons (Fsp3) is 0.708. The second-order valence-electron chi connectivity index (χ2n) is 9.49. The summed E-state index contributed by atoms with van der Waals surface area (Å²) in [5.41, 5.74) is 2.66. The van der Waals surface area contributed by atoms with Crippen LogP contribution in [0.4, 0.5) is 0 Å². The summed E-state index contributed by atoms with van der Waals surface area (Å²) in [6.45, 7) is 2.21. The van der Waals surface area contributed by atoms with E-state index in [0.717, 1.165) is 25.7 Å². The lowest BCUT2D eigenvalue weighted by Gasteiger charge is -2.42. The van der Waals surface area contributed by atoms with Crippen molar-refractivity contribution in [1.82, 2.24) is 0 Å². The highest BCUT2D eigenvalue weighted by molar-refractivity contribution is 7.47. The first kappa shape index (κ1) is 29.8. The van der Waals surface area contributed by atoms with E-state index >= 15 is 0 Å². The van der Waals surface area contributed by atoms with E-state index in [1.54, 1.807) is 21.1 Å². The largest absolute Gasteiger partial charge is 0.804 e. The van der Waals surface area contributed by atoms with E-state index in [1.807, 2.05) is 0 Å². The Kier molecular flexibility index (Phi) is 13.4. The summed E-state index contributed by atoms with van der Waals surface area (Å²) in [7, 11) is 0.181. The first-order valence-corrected chi connectivity index (χ1v) is 13.4. The normalized spacial score (nSPS) is 15.7. The van der Waals surface area contributed by atoms with E-state index in [1.165, 1.54) is 36.8 Å². The van der Waals surface area contributed by atoms with Crippen molar-refractivity contribution < 1.29 is 38.0 Å². The van der Waals surface area contributed by atoms with Gasteiger partial charge in [0.25, 0.3) is 0 Å². The zero-order valence-electron chi connectivity index (χ0n) is 20.6. The fourth-order valence-corrected chi connectivity index (χ4v) is 4.49. The average molecular weight is 488 g/mol. The Morgan fingerprint density at radius 2 is 1.64 bits per heavy atom. The third-order valence-corrected chi connectivity index (χ3v) is 6.45. The first-order chi connectivity index (χ1) is 15.4. The maximum Gasteiger partial charge on any atom is 0.472 e. The molecule has 0 bridgehead atoms. The van der Waals surface area contributed by atoms with Crippen molar-refractivity contribution >= 4 is 13.8 Å². The first-order valence-electron chi connectivity index (χ1n) is 11.9. The molecule has 3 atom stereocenters. The van der Waals surface area contributed by atoms with Gasteiger partial charge in [-0.15, -0.1) is 0 Å². The molecule has 0 spiro atoms. The standard InChI is InChI=1S/C24H42NO7P/c1-5-6-7-9-13-20-15-12-16-21(18-20)14-10-8-11-17-31-33(29,30)32-22(19-23(26)27)24(28)25(2,3)4/h12,15-16,18,22,24H,5-11,13-14,17,19H2,1-4H3,(H,26,27)(H,29,30)/t22-,24?/m1/s1. The van der Waals surface area contributed by atoms with E-state index in [2.05, 4.69) is 31.2 Å². The number of carboxylic acids is 1. The number of hydrogen-bond acceptors (Lipinski definition) is 5. The van der Waals surface area contributed by atoms with Gasteiger partial charge < -0.3 is 19.6 Å². The highest BCUT2D eigenvalue weighted by Crippen LogP contribution is 2.45. The number of nitrogens with zero attached hydrogens (tertiary/aromatic N) is 1. The van der Waals surface area contributed by atoms with E-state index in [-0.39, 0.29) is 11.1 Å². The molecule has 0 aliphatic rings. The molecule has 8 nitrogen and oxygen atoms in total. The number of hydrogen-bond donors (Lipinski definition) is 2. The number of carboxylic acid groups (broad SMARTS) is 1. The second-order valence-corrected chi connectivity index (χ2v) is 10.9. The number of unbranched alkanes of at least 4 members (excludes halogenated alkanes) is 5. The Bertz CT molecular complexity index is 751. The molecule has 0 amide bonds. The SMILES string of the molecule is CCCCCCc1cccc(CCCCCOP(=O)(O)O[C@H](CC(=O)O)C([O-])[N+](C)(C)C)c1. The number of phosphoric ester groups is 1. The van der Waals surface area contributed by atoms with Gasteiger partial charge in [-0.25, -0.2) is 4.57 Å². The Hall–Kier alpha value is -1.28. The van der Waals surface area contributed by atoms with Crippen molar-refractivity contribution in [2.24, 2.45) is 0 Å². The molecule has 0 fully saturated rings. The molecule has 1 rings (SSSR count). The molecule has 2 N–H and O–H groups in total. The van der Waals surface area contributed by atoms with Crippen LogP contribution < -0.4 is 5.11 Å². The molecule has 0 aromatic heterocycles. The Morgan fingerprint density at radius 1 is 1.06 bits per heavy atom. The van der Waals surface area contributed by atoms with Crippen molar-refractivity contribution in [3.05, 3.63) is 35.4 Å². The van der Waals surface area contributed by atoms with Crippen LogP contribution in [0.25, 0.3) is 0 Å². The van der Waals surface area contributed by atoms with Gasteiger partial charge in [0.15, 0.2) is 0 Å². The third-order valence-electron chi connectivity index (χ3n) is 5.40. The summed E-state index contributed by atoms with van der Waals surface area (Å²) in [6, 6.07) is 8.65. The smallest absolute Gasteiger partial charge is 0.472 e. The molecular weight excluding hydrogens is 445 g/mol. The zero-order chi connectivity index (χ0) is 24.9. The van der Waals surface area contributed by atoms with Gasteiger partial charge in [-0.3, -0.25) is 13.8 Å². The Labute approximate surface area is 198 Å². The van der Waals surface area contributed by atoms with Gasteiger partial charge in [0.05, 0.1) is 34.2 Å². The lowest BCUT2D eigenvalue weighted by molar-refractivity contribution is -0.973. The van der Waals surface area contributed by atoms with E-state index < -0.39 is 32.5 Å². The molecule has 0 saturated heterocycles. The monoisotopic (exact) mass is 487 g/mol. The summed E-state index contributed by atoms with van der Waals surface area (Å²) in [5.74, 6) is -1.28. The fourth-order valence-electron chi connectivity index (χ4n) is 3.55. The van der Waals surface area contributed by atoms with Gasteiger partial charge in [0, 0.05) is 6.23 Å². The number of aliphatic carboxylic acids is 1. The van der Waals surface area contributed by atoms with Crippen LogP contribution in [0.5, 0.6) is 0 Å². The quantitative estimate of drug-likeness (QED) is 0.140. The molecule has 0 aliphatic carbocycles. The Morgan fingerprint density at radius 3 is 2.15 bits per heavy atom. The minimum Gasteiger partial charge on any atom is -0.804 e. The van der Waals surface area contributed by atoms with Crippen LogP contribution in [-0.4, -0.2) is 60.5 Å². The molecule has 2 unspecified atom stereocenters. The van der Waals surface area contributed by atoms with Gasteiger partial charge in [-0.05, 0) is 43.2 Å². The number of benzene rings is 1. The molecular formula is C24H42NO7P. The summed E-state index contributed by atoms with van der Waals surface area (Å²) >= 11 is 0. The predicted octanol–water partition coefficient (Wildman–Crippen LogP) is 3.89. The molecule has 0 radical (unpaired) electrons. The highest BCUT2D eigenvalue weighted by Gasteiger charge is 2.34. The van der Waals surface area contributed by atoms with Crippen LogP contribution in [0.3, 0.4) is 0 Å². The average Bonchev–Trinajstić information content (AvgIpc) is 2.72. The van der Waals surface area contributed by atoms with Crippen LogP contribution in [0.1, 0.15) is 69.4 Å². The number of phosphoric acid groups is 1. The number of aryl methyl sites for hydroxylation is 2. The third kappa shape index (κ3) is 13.3. The Balaban J connectivity index is 2.38. The molecule has 33 heavy (non-hydrogen) atoms. The molecule has 190 valence electrons. The van der Waals surface area contributed by atoms with Gasteiger partial charge in [0.1, 0.15) is 6.10 Å². The maximum atomic E-state index is 12.4. The minimum absolute atomic E-state index is 0.00106. The van der Waals surface area contributed by atoms with Crippen molar-refractivity contribution in [3.8, 4) is 0 Å². The topological polar surface area (TPSA) is 116 Å². The van der Waals surface area contributed by atoms with Gasteiger partial charge in [-0.2, -0.15) is 0 Å². The number of quaternary nitrogens is 1. The van der Waals surface area contributed by atoms with Gasteiger partial charge in [0.2, 0.25) is 0 Å². The van der Waals surface area contributed by atoms with Gasteiger partial charge in [-0.1, -0.05) is 56.9 Å². The lowest BCUT2D eigenvalue weighted by atomic mass is 10.0. The predicted molar refractivity (Wildman–Crippen MR) is 127 cm³/mol. The number of rotatable bonds is 18. The van der Waals surface area contributed by atoms with Gasteiger partial charge >= 0.3 is 13.8 Å². The summed E-state index contributed by atoms with van der Waals surface area (Å²) in [4.78, 5) is 21.0. The molecule has 0 aliphatic heterocycles. The van der Waals surface area contributed by atoms with E-state index in [4.69, 9.17) is 14.2 Å². The summed E-state index contributed by atoms with van der Waals surface area (Å²) < 4.78 is 22.0. The molecule has 0 heterocycles. The lowest BCUT2D eigenvalue weighted by Crippen LogP contribution is -2.60. The zero-order valence-corrected chi connectivity index (χ0v) is 21.5. The highest BCUT2D eigenvalue weighted by atomic mass is 31.2. The summed E-state index contributed by atoms with van der Waals surface area (Å²) in [5, 5.41) is 21.4. The van der Waals surface area contributed by atoms with Crippen molar-refractivity contribution in [1.29, 1.82) is 0 Å². The van der Waals surface area contributed by atoms with Crippen LogP contribution in [0.15, 0.2) is 24.3 Å². The molecule has 9 heteroatoms. The van der Waals surface area contributed by atoms with Crippen LogP contribution in [0.2, 0.25) is 0 Å². The van der Waals surface area contributed by atoms with Crippen molar-refractivity contribution in [3.63, 3.8) is 0 Å². The molecule has 1 aromatic carbocycles.